The Labute approximate surface area is 213 Å². The van der Waals surface area contributed by atoms with Crippen molar-refractivity contribution in [2.75, 3.05) is 19.6 Å². The summed E-state index contributed by atoms with van der Waals surface area (Å²) in [6, 6.07) is 12.3. The molecule has 0 bridgehead atoms. The molecule has 10 heteroatoms. The van der Waals surface area contributed by atoms with Crippen LogP contribution in [0.2, 0.25) is 0 Å². The highest BCUT2D eigenvalue weighted by Gasteiger charge is 2.39. The minimum atomic E-state index is -3.54. The van der Waals surface area contributed by atoms with Crippen molar-refractivity contribution in [1.82, 2.24) is 24.4 Å². The van der Waals surface area contributed by atoms with E-state index in [1.54, 1.807) is 14.7 Å². The van der Waals surface area contributed by atoms with Crippen LogP contribution in [0.15, 0.2) is 40.9 Å². The normalized spacial score (nSPS) is 25.5. The summed E-state index contributed by atoms with van der Waals surface area (Å²) >= 11 is 0. The van der Waals surface area contributed by atoms with Crippen molar-refractivity contribution in [3.8, 4) is 0 Å². The van der Waals surface area contributed by atoms with Gasteiger partial charge in [-0.15, -0.1) is 0 Å². The molecule has 3 aliphatic rings. The molecule has 1 aromatic heterocycles. The number of nitrogens with one attached hydrogen (secondary N) is 2. The van der Waals surface area contributed by atoms with Crippen molar-refractivity contribution in [1.29, 1.82) is 0 Å². The van der Waals surface area contributed by atoms with Gasteiger partial charge in [0.25, 0.3) is 16.1 Å². The zero-order valence-corrected chi connectivity index (χ0v) is 21.9. The van der Waals surface area contributed by atoms with Gasteiger partial charge < -0.3 is 15.2 Å². The van der Waals surface area contributed by atoms with Crippen LogP contribution >= 0.6 is 0 Å². The largest absolute Gasteiger partial charge is 0.360 e. The second-order valence-corrected chi connectivity index (χ2v) is 12.4. The van der Waals surface area contributed by atoms with Crippen molar-refractivity contribution in [3.63, 3.8) is 0 Å². The van der Waals surface area contributed by atoms with E-state index in [1.165, 1.54) is 5.56 Å². The third kappa shape index (κ3) is 5.66. The summed E-state index contributed by atoms with van der Waals surface area (Å²) in [6.45, 7) is 5.50. The Bertz CT molecular complexity index is 1140. The average molecular weight is 516 g/mol. The number of benzene rings is 1. The maximum absolute atomic E-state index is 13.4. The van der Waals surface area contributed by atoms with E-state index in [2.05, 4.69) is 34.8 Å². The van der Waals surface area contributed by atoms with Crippen LogP contribution in [-0.4, -0.2) is 65.9 Å². The number of nitrogens with zero attached hydrogens (tertiary/aromatic N) is 3. The Balaban J connectivity index is 1.10. The number of hydrogen-bond donors (Lipinski definition) is 2. The smallest absolute Gasteiger partial charge is 0.282 e. The van der Waals surface area contributed by atoms with E-state index in [0.29, 0.717) is 50.1 Å². The van der Waals surface area contributed by atoms with Crippen molar-refractivity contribution in [3.05, 3.63) is 53.4 Å². The van der Waals surface area contributed by atoms with Crippen LogP contribution < -0.4 is 10.6 Å². The van der Waals surface area contributed by atoms with E-state index in [4.69, 9.17) is 4.52 Å². The molecule has 3 fully saturated rings. The fourth-order valence-corrected chi connectivity index (χ4v) is 7.28. The molecule has 5 rings (SSSR count). The summed E-state index contributed by atoms with van der Waals surface area (Å²) in [4.78, 5) is 12.6. The van der Waals surface area contributed by atoms with Crippen LogP contribution in [0, 0.1) is 0 Å². The summed E-state index contributed by atoms with van der Waals surface area (Å²) in [5, 5.41) is 10.6. The number of amides is 1. The van der Waals surface area contributed by atoms with Gasteiger partial charge >= 0.3 is 0 Å². The summed E-state index contributed by atoms with van der Waals surface area (Å²) in [7, 11) is -3.54. The molecule has 2 N–H and O–H groups in total. The summed E-state index contributed by atoms with van der Waals surface area (Å²) in [5.41, 5.74) is 1.54. The fraction of sp³-hybridized carbons (Fsp3) is 0.615. The van der Waals surface area contributed by atoms with Gasteiger partial charge in [0, 0.05) is 55.8 Å². The number of carbonyl (C=O) groups is 1. The highest BCUT2D eigenvalue weighted by atomic mass is 32.2. The third-order valence-corrected chi connectivity index (χ3v) is 9.91. The Morgan fingerprint density at radius 1 is 1.06 bits per heavy atom. The predicted molar refractivity (Wildman–Crippen MR) is 137 cm³/mol. The number of aromatic nitrogens is 1. The van der Waals surface area contributed by atoms with Gasteiger partial charge in [0.15, 0.2) is 5.69 Å². The number of rotatable bonds is 8. The molecular weight excluding hydrogens is 478 g/mol. The molecule has 2 aliphatic heterocycles. The molecule has 9 nitrogen and oxygen atoms in total. The van der Waals surface area contributed by atoms with Gasteiger partial charge in [0.1, 0.15) is 5.76 Å². The van der Waals surface area contributed by atoms with Crippen molar-refractivity contribution in [2.45, 2.75) is 82.5 Å². The number of carbonyl (C=O) groups excluding carboxylic acids is 1. The van der Waals surface area contributed by atoms with Gasteiger partial charge in [-0.05, 0) is 57.9 Å². The lowest BCUT2D eigenvalue weighted by molar-refractivity contribution is 0.0903. The first-order chi connectivity index (χ1) is 17.3. The molecule has 2 aromatic rings. The van der Waals surface area contributed by atoms with Gasteiger partial charge in [-0.1, -0.05) is 35.5 Å². The molecule has 1 amide bonds. The molecule has 196 valence electrons. The first kappa shape index (κ1) is 25.4. The zero-order valence-electron chi connectivity index (χ0n) is 21.1. The molecule has 0 spiro atoms. The van der Waals surface area contributed by atoms with Gasteiger partial charge in [0.05, 0.1) is 0 Å². The number of piperidine rings is 2. The zero-order chi connectivity index (χ0) is 25.3. The second kappa shape index (κ2) is 10.6. The maximum atomic E-state index is 13.4. The lowest BCUT2D eigenvalue weighted by atomic mass is 10.0. The van der Waals surface area contributed by atoms with E-state index < -0.39 is 10.2 Å². The Kier molecular flexibility index (Phi) is 7.48. The van der Waals surface area contributed by atoms with Crippen LogP contribution in [0.1, 0.15) is 86.1 Å². The molecule has 1 aliphatic carbocycles. The Hall–Kier alpha value is -2.27. The van der Waals surface area contributed by atoms with E-state index in [9.17, 15) is 13.2 Å². The van der Waals surface area contributed by atoms with Crippen molar-refractivity contribution < 1.29 is 17.7 Å². The molecule has 2 saturated heterocycles. The maximum Gasteiger partial charge on any atom is 0.282 e. The molecule has 0 radical (unpaired) electrons. The van der Waals surface area contributed by atoms with Crippen LogP contribution in [0.4, 0.5) is 0 Å². The summed E-state index contributed by atoms with van der Waals surface area (Å²) in [5.74, 6) is 0.932. The molecule has 0 unspecified atom stereocenters. The van der Waals surface area contributed by atoms with Crippen LogP contribution in [0.5, 0.6) is 0 Å². The van der Waals surface area contributed by atoms with E-state index in [0.717, 1.165) is 31.4 Å². The highest BCUT2D eigenvalue weighted by molar-refractivity contribution is 7.86. The van der Waals surface area contributed by atoms with Crippen LogP contribution in [0.25, 0.3) is 0 Å². The molecule has 1 aromatic carbocycles. The minimum Gasteiger partial charge on any atom is -0.360 e. The van der Waals surface area contributed by atoms with Gasteiger partial charge in [0.2, 0.25) is 0 Å². The molecule has 1 saturated carbocycles. The van der Waals surface area contributed by atoms with Crippen molar-refractivity contribution in [2.24, 2.45) is 0 Å². The fourth-order valence-electron chi connectivity index (χ4n) is 5.43. The monoisotopic (exact) mass is 515 g/mol. The summed E-state index contributed by atoms with van der Waals surface area (Å²) < 4.78 is 35.4. The van der Waals surface area contributed by atoms with Gasteiger partial charge in [-0.2, -0.15) is 17.0 Å². The highest BCUT2D eigenvalue weighted by Crippen LogP contribution is 2.40. The topological polar surface area (TPSA) is 108 Å². The first-order valence-corrected chi connectivity index (χ1v) is 14.6. The van der Waals surface area contributed by atoms with E-state index in [1.807, 2.05) is 25.1 Å². The van der Waals surface area contributed by atoms with E-state index >= 15 is 0 Å². The predicted octanol–water partition coefficient (Wildman–Crippen LogP) is 3.19. The Morgan fingerprint density at radius 2 is 1.75 bits per heavy atom. The lowest BCUT2D eigenvalue weighted by Crippen LogP contribution is -2.56. The van der Waals surface area contributed by atoms with Gasteiger partial charge in [-0.3, -0.25) is 4.79 Å². The second-order valence-electron chi connectivity index (χ2n) is 10.5. The molecule has 3 heterocycles. The molecular formula is C26H37N5O4S. The molecule has 36 heavy (non-hydrogen) atoms. The van der Waals surface area contributed by atoms with Crippen molar-refractivity contribution >= 4 is 16.1 Å². The van der Waals surface area contributed by atoms with Crippen LogP contribution in [0.3, 0.4) is 0 Å². The average Bonchev–Trinajstić information content (AvgIpc) is 3.60. The third-order valence-electron chi connectivity index (χ3n) is 7.75. The van der Waals surface area contributed by atoms with E-state index in [-0.39, 0.29) is 24.0 Å². The van der Waals surface area contributed by atoms with Crippen LogP contribution in [-0.2, 0) is 10.2 Å². The SMILES string of the molecule is C[C@@H](NC1CCN(S(=O)(=O)N2CC[C@H](NC(=O)c3cc(C4CC4)on3)C[C@@H]2C)CC1)c1ccccc1. The standard InChI is InChI=1S/C26H37N5O4S/c1-18-16-23(28-26(32)24-17-25(35-29-24)21-8-9-21)12-15-31(18)36(33,34)30-13-10-22(11-14-30)27-19(2)20-6-4-3-5-7-20/h3-7,17-19,21-23,27H,8-16H2,1-2H3,(H,28,32)/t18-,19+,23-/m0/s1. The minimum absolute atomic E-state index is 0.0885. The quantitative estimate of drug-likeness (QED) is 0.559. The number of hydrogen-bond acceptors (Lipinski definition) is 6. The Morgan fingerprint density at radius 3 is 2.42 bits per heavy atom. The molecule has 3 atom stereocenters. The first-order valence-electron chi connectivity index (χ1n) is 13.2. The van der Waals surface area contributed by atoms with Gasteiger partial charge in [-0.25, -0.2) is 0 Å². The summed E-state index contributed by atoms with van der Waals surface area (Å²) in [6.07, 6.45) is 4.90. The lowest BCUT2D eigenvalue weighted by Gasteiger charge is -2.41.